The molecule has 18 heavy (non-hydrogen) atoms. The molecule has 0 saturated heterocycles. The number of nitrogens with zero attached hydrogens (tertiary/aromatic N) is 1. The molecule has 0 aliphatic rings. The molecular weight excluding hydrogens is 288 g/mol. The molecule has 1 aromatic carbocycles. The highest BCUT2D eigenvalue weighted by Crippen LogP contribution is 2.16. The molecule has 0 aliphatic carbocycles. The number of rotatable bonds is 5. The van der Waals surface area contributed by atoms with Gasteiger partial charge in [-0.05, 0) is 55.3 Å². The van der Waals surface area contributed by atoms with Gasteiger partial charge in [-0.3, -0.25) is 4.98 Å². The van der Waals surface area contributed by atoms with Gasteiger partial charge >= 0.3 is 0 Å². The van der Waals surface area contributed by atoms with Gasteiger partial charge in [0.25, 0.3) is 0 Å². The van der Waals surface area contributed by atoms with Gasteiger partial charge in [0.2, 0.25) is 0 Å². The number of nitrogens with one attached hydrogen (secondary N) is 1. The lowest BCUT2D eigenvalue weighted by Crippen LogP contribution is -2.21. The van der Waals surface area contributed by atoms with E-state index in [0.29, 0.717) is 6.04 Å². The van der Waals surface area contributed by atoms with Crippen molar-refractivity contribution in [3.8, 4) is 0 Å². The number of benzene rings is 1. The Bertz CT molecular complexity index is 468. The molecular formula is C15H17BrN2. The minimum atomic E-state index is 0.375. The topological polar surface area (TPSA) is 24.9 Å². The molecule has 0 unspecified atom stereocenters. The van der Waals surface area contributed by atoms with Crippen molar-refractivity contribution in [3.05, 3.63) is 64.4 Å². The van der Waals surface area contributed by atoms with E-state index in [1.807, 2.05) is 12.4 Å². The number of hydrogen-bond donors (Lipinski definition) is 1. The first-order chi connectivity index (χ1) is 8.75. The van der Waals surface area contributed by atoms with Crippen molar-refractivity contribution in [2.24, 2.45) is 0 Å². The molecule has 0 spiro atoms. The van der Waals surface area contributed by atoms with E-state index in [9.17, 15) is 0 Å². The van der Waals surface area contributed by atoms with Crippen molar-refractivity contribution < 1.29 is 0 Å². The Morgan fingerprint density at radius 3 is 2.44 bits per heavy atom. The van der Waals surface area contributed by atoms with Crippen LogP contribution in [0.25, 0.3) is 0 Å². The zero-order chi connectivity index (χ0) is 12.8. The smallest absolute Gasteiger partial charge is 0.0291 e. The Labute approximate surface area is 117 Å². The zero-order valence-corrected chi connectivity index (χ0v) is 12.0. The van der Waals surface area contributed by atoms with Crippen LogP contribution in [0.5, 0.6) is 0 Å². The highest BCUT2D eigenvalue weighted by Gasteiger charge is 2.03. The number of halogens is 1. The summed E-state index contributed by atoms with van der Waals surface area (Å²) >= 11 is 3.45. The van der Waals surface area contributed by atoms with Gasteiger partial charge in [0.05, 0.1) is 0 Å². The van der Waals surface area contributed by atoms with Crippen molar-refractivity contribution in [2.45, 2.75) is 19.4 Å². The quantitative estimate of drug-likeness (QED) is 0.910. The predicted molar refractivity (Wildman–Crippen MR) is 78.5 cm³/mol. The van der Waals surface area contributed by atoms with E-state index in [0.717, 1.165) is 17.4 Å². The Morgan fingerprint density at radius 1 is 1.11 bits per heavy atom. The minimum Gasteiger partial charge on any atom is -0.310 e. The molecule has 1 N–H and O–H groups in total. The highest BCUT2D eigenvalue weighted by molar-refractivity contribution is 9.10. The molecule has 0 amide bonds. The average molecular weight is 305 g/mol. The lowest BCUT2D eigenvalue weighted by molar-refractivity contribution is 0.576. The van der Waals surface area contributed by atoms with Gasteiger partial charge in [-0.1, -0.05) is 28.1 Å². The van der Waals surface area contributed by atoms with Crippen LogP contribution in [0.4, 0.5) is 0 Å². The molecule has 1 aromatic heterocycles. The van der Waals surface area contributed by atoms with E-state index < -0.39 is 0 Å². The molecule has 0 aliphatic heterocycles. The third kappa shape index (κ3) is 3.93. The van der Waals surface area contributed by atoms with Crippen LogP contribution in [0, 0.1) is 0 Å². The summed E-state index contributed by atoms with van der Waals surface area (Å²) in [7, 11) is 0. The first kappa shape index (κ1) is 13.2. The van der Waals surface area contributed by atoms with Crippen LogP contribution >= 0.6 is 15.9 Å². The summed E-state index contributed by atoms with van der Waals surface area (Å²) in [6, 6.07) is 13.0. The Balaban J connectivity index is 1.81. The standard InChI is InChI=1S/C15H17BrN2/c1-12(14-2-4-15(16)5-3-14)18-11-8-13-6-9-17-10-7-13/h2-7,9-10,12,18H,8,11H2,1H3/t12-/m1/s1. The number of aromatic nitrogens is 1. The van der Waals surface area contributed by atoms with Crippen molar-refractivity contribution >= 4 is 15.9 Å². The van der Waals surface area contributed by atoms with E-state index in [4.69, 9.17) is 0 Å². The van der Waals surface area contributed by atoms with Gasteiger partial charge in [0.15, 0.2) is 0 Å². The maximum atomic E-state index is 4.02. The maximum Gasteiger partial charge on any atom is 0.0291 e. The molecule has 0 radical (unpaired) electrons. The minimum absolute atomic E-state index is 0.375. The number of pyridine rings is 1. The predicted octanol–water partition coefficient (Wildman–Crippen LogP) is 3.74. The van der Waals surface area contributed by atoms with Crippen LogP contribution in [-0.2, 0) is 6.42 Å². The van der Waals surface area contributed by atoms with Crippen molar-refractivity contribution in [2.75, 3.05) is 6.54 Å². The summed E-state index contributed by atoms with van der Waals surface area (Å²) in [6.07, 6.45) is 4.71. The third-order valence-corrected chi connectivity index (χ3v) is 3.51. The Kier molecular flexibility index (Phi) is 4.90. The maximum absolute atomic E-state index is 4.02. The Hall–Kier alpha value is -1.19. The van der Waals surface area contributed by atoms with Crippen molar-refractivity contribution in [1.82, 2.24) is 10.3 Å². The molecule has 0 fully saturated rings. The van der Waals surface area contributed by atoms with Gasteiger partial charge < -0.3 is 5.32 Å². The second kappa shape index (κ2) is 6.66. The van der Waals surface area contributed by atoms with Gasteiger partial charge in [0, 0.05) is 22.9 Å². The largest absolute Gasteiger partial charge is 0.310 e. The van der Waals surface area contributed by atoms with E-state index in [-0.39, 0.29) is 0 Å². The van der Waals surface area contributed by atoms with Crippen LogP contribution in [0.15, 0.2) is 53.3 Å². The zero-order valence-electron chi connectivity index (χ0n) is 10.4. The van der Waals surface area contributed by atoms with E-state index >= 15 is 0 Å². The summed E-state index contributed by atoms with van der Waals surface area (Å²) in [5.74, 6) is 0. The van der Waals surface area contributed by atoms with Crippen molar-refractivity contribution in [3.63, 3.8) is 0 Å². The fourth-order valence-electron chi connectivity index (χ4n) is 1.85. The highest BCUT2D eigenvalue weighted by atomic mass is 79.9. The van der Waals surface area contributed by atoms with E-state index in [2.05, 4.69) is 69.6 Å². The first-order valence-electron chi connectivity index (χ1n) is 6.13. The number of hydrogen-bond acceptors (Lipinski definition) is 2. The summed E-state index contributed by atoms with van der Waals surface area (Å²) in [5, 5.41) is 3.53. The van der Waals surface area contributed by atoms with Crippen molar-refractivity contribution in [1.29, 1.82) is 0 Å². The monoisotopic (exact) mass is 304 g/mol. The normalized spacial score (nSPS) is 12.3. The first-order valence-corrected chi connectivity index (χ1v) is 6.93. The molecule has 2 rings (SSSR count). The molecule has 1 heterocycles. The van der Waals surface area contributed by atoms with E-state index in [1.165, 1.54) is 11.1 Å². The lowest BCUT2D eigenvalue weighted by atomic mass is 10.1. The second-order valence-electron chi connectivity index (χ2n) is 4.33. The van der Waals surface area contributed by atoms with Crippen LogP contribution in [0.2, 0.25) is 0 Å². The van der Waals surface area contributed by atoms with Crippen LogP contribution in [0.1, 0.15) is 24.1 Å². The summed E-state index contributed by atoms with van der Waals surface area (Å²) in [5.41, 5.74) is 2.63. The molecule has 0 bridgehead atoms. The second-order valence-corrected chi connectivity index (χ2v) is 5.25. The van der Waals surface area contributed by atoms with Crippen LogP contribution in [0.3, 0.4) is 0 Å². The molecule has 3 heteroatoms. The molecule has 2 aromatic rings. The summed E-state index contributed by atoms with van der Waals surface area (Å²) in [4.78, 5) is 4.02. The molecule has 2 nitrogen and oxygen atoms in total. The fraction of sp³-hybridized carbons (Fsp3) is 0.267. The molecule has 1 atom stereocenters. The SMILES string of the molecule is C[C@@H](NCCc1ccncc1)c1ccc(Br)cc1. The Morgan fingerprint density at radius 2 is 1.78 bits per heavy atom. The van der Waals surface area contributed by atoms with E-state index in [1.54, 1.807) is 0 Å². The average Bonchev–Trinajstić information content (AvgIpc) is 2.40. The van der Waals surface area contributed by atoms with Gasteiger partial charge in [0.1, 0.15) is 0 Å². The van der Waals surface area contributed by atoms with Crippen LogP contribution in [-0.4, -0.2) is 11.5 Å². The third-order valence-electron chi connectivity index (χ3n) is 2.98. The lowest BCUT2D eigenvalue weighted by Gasteiger charge is -2.14. The van der Waals surface area contributed by atoms with Gasteiger partial charge in [-0.2, -0.15) is 0 Å². The van der Waals surface area contributed by atoms with Gasteiger partial charge in [-0.25, -0.2) is 0 Å². The van der Waals surface area contributed by atoms with Gasteiger partial charge in [-0.15, -0.1) is 0 Å². The summed E-state index contributed by atoms with van der Waals surface area (Å²) in [6.45, 7) is 3.16. The molecule has 0 saturated carbocycles. The van der Waals surface area contributed by atoms with Crippen LogP contribution < -0.4 is 5.32 Å². The fourth-order valence-corrected chi connectivity index (χ4v) is 2.12. The summed E-state index contributed by atoms with van der Waals surface area (Å²) < 4.78 is 1.12. The molecule has 94 valence electrons.